The van der Waals surface area contributed by atoms with Gasteiger partial charge in [0.15, 0.2) is 12.1 Å². The maximum atomic E-state index is 12.4. The van der Waals surface area contributed by atoms with Gasteiger partial charge in [-0.1, -0.05) is 72.0 Å². The first kappa shape index (κ1) is 31.1. The first-order valence-corrected chi connectivity index (χ1v) is 12.9. The Labute approximate surface area is 200 Å². The Hall–Kier alpha value is -1.89. The van der Waals surface area contributed by atoms with E-state index in [1.807, 2.05) is 26.8 Å². The van der Waals surface area contributed by atoms with Gasteiger partial charge in [-0.3, -0.25) is 4.48 Å². The molecule has 192 valence electrons. The number of hydrogen-bond donors (Lipinski definition) is 2. The highest BCUT2D eigenvalue weighted by atomic mass is 16.4. The molecule has 0 amide bonds. The van der Waals surface area contributed by atoms with E-state index in [4.69, 9.17) is 0 Å². The van der Waals surface area contributed by atoms with E-state index in [1.54, 1.807) is 0 Å². The summed E-state index contributed by atoms with van der Waals surface area (Å²) in [7, 11) is 0. The Morgan fingerprint density at radius 2 is 1.15 bits per heavy atom. The third kappa shape index (κ3) is 9.86. The minimum Gasteiger partial charge on any atom is -0.544 e. The molecule has 7 heteroatoms. The summed E-state index contributed by atoms with van der Waals surface area (Å²) >= 11 is 0. The zero-order valence-corrected chi connectivity index (χ0v) is 21.3. The van der Waals surface area contributed by atoms with Crippen LogP contribution in [-0.2, 0) is 14.4 Å². The first-order chi connectivity index (χ1) is 15.7. The topological polar surface area (TPSA) is 115 Å². The molecule has 0 aliphatic carbocycles. The maximum Gasteiger partial charge on any atom is 0.362 e. The molecule has 0 spiro atoms. The van der Waals surface area contributed by atoms with Crippen molar-refractivity contribution < 1.29 is 34.2 Å². The fraction of sp³-hybridized carbons (Fsp3) is 0.808. The number of unbranched alkanes of at least 4 members (excludes halogenated alkanes) is 5. The third-order valence-corrected chi connectivity index (χ3v) is 6.59. The van der Waals surface area contributed by atoms with E-state index in [0.717, 1.165) is 19.3 Å². The summed E-state index contributed by atoms with van der Waals surface area (Å²) in [5, 5.41) is 32.6. The number of rotatable bonds is 21. The number of aliphatic carboxylic acids is 3. The van der Waals surface area contributed by atoms with E-state index < -0.39 is 40.5 Å². The number of quaternary nitrogens is 1. The number of carbonyl (C=O) groups is 3. The van der Waals surface area contributed by atoms with Crippen LogP contribution in [0.25, 0.3) is 0 Å². The molecule has 0 aliphatic rings. The normalized spacial score (nSPS) is 16.2. The van der Waals surface area contributed by atoms with Gasteiger partial charge in [0.1, 0.15) is 6.04 Å². The van der Waals surface area contributed by atoms with Crippen molar-refractivity contribution in [1.29, 1.82) is 0 Å². The minimum atomic E-state index is -1.36. The predicted octanol–water partition coefficient (Wildman–Crippen LogP) is 4.54. The lowest BCUT2D eigenvalue weighted by Gasteiger charge is -2.52. The number of nitrogens with zero attached hydrogens (tertiary/aromatic N) is 1. The predicted molar refractivity (Wildman–Crippen MR) is 129 cm³/mol. The van der Waals surface area contributed by atoms with Crippen molar-refractivity contribution in [1.82, 2.24) is 0 Å². The molecule has 0 fully saturated rings. The average Bonchev–Trinajstić information content (AvgIpc) is 2.76. The lowest BCUT2D eigenvalue weighted by atomic mass is 9.91. The van der Waals surface area contributed by atoms with Crippen LogP contribution in [0.3, 0.4) is 0 Å². The van der Waals surface area contributed by atoms with E-state index in [1.165, 1.54) is 19.3 Å². The van der Waals surface area contributed by atoms with Crippen molar-refractivity contribution in [2.75, 3.05) is 6.54 Å². The monoisotopic (exact) mass is 469 g/mol. The van der Waals surface area contributed by atoms with E-state index in [0.29, 0.717) is 25.7 Å². The Morgan fingerprint density at radius 1 is 0.697 bits per heavy atom. The molecule has 7 nitrogen and oxygen atoms in total. The van der Waals surface area contributed by atoms with Crippen molar-refractivity contribution in [2.24, 2.45) is 0 Å². The number of hydrogen-bond acceptors (Lipinski definition) is 4. The van der Waals surface area contributed by atoms with E-state index >= 15 is 0 Å². The van der Waals surface area contributed by atoms with Gasteiger partial charge in [-0.15, -0.1) is 0 Å². The molecule has 0 saturated carbocycles. The molecular formula is C26H47NO6. The van der Waals surface area contributed by atoms with Gasteiger partial charge in [0.25, 0.3) is 0 Å². The molecule has 3 unspecified atom stereocenters. The molecule has 0 heterocycles. The lowest BCUT2D eigenvalue weighted by molar-refractivity contribution is -0.974. The zero-order valence-electron chi connectivity index (χ0n) is 21.3. The first-order valence-electron chi connectivity index (χ1n) is 12.9. The van der Waals surface area contributed by atoms with Crippen molar-refractivity contribution in [2.45, 2.75) is 129 Å². The van der Waals surface area contributed by atoms with Gasteiger partial charge in [0.2, 0.25) is 0 Å². The summed E-state index contributed by atoms with van der Waals surface area (Å²) < 4.78 is -0.483. The standard InChI is InChI=1S/C26H47NO6/c1-5-9-10-11-12-13-14-15-16-20-27(21(17-6-2)24(28)29,22(18-7-3)25(30)31)23(19-8-4)26(32)33/h14-15,21-23H,5-13,16-20H2,1-4H3,(H2-,28,29,30,31,32,33)/b15-14-. The van der Waals surface area contributed by atoms with Crippen LogP contribution in [0.2, 0.25) is 0 Å². The summed E-state index contributed by atoms with van der Waals surface area (Å²) in [5.41, 5.74) is 0. The molecule has 0 aromatic rings. The largest absolute Gasteiger partial charge is 0.544 e. The second-order valence-electron chi connectivity index (χ2n) is 9.09. The summed E-state index contributed by atoms with van der Waals surface area (Å²) in [5.74, 6) is -3.63. The lowest BCUT2D eigenvalue weighted by Crippen LogP contribution is -2.74. The smallest absolute Gasteiger partial charge is 0.362 e. The van der Waals surface area contributed by atoms with Gasteiger partial charge < -0.3 is 20.1 Å². The van der Waals surface area contributed by atoms with Crippen molar-refractivity contribution in [3.8, 4) is 0 Å². The highest BCUT2D eigenvalue weighted by Crippen LogP contribution is 2.33. The summed E-state index contributed by atoms with van der Waals surface area (Å²) in [6.45, 7) is 7.83. The summed E-state index contributed by atoms with van der Waals surface area (Å²) in [6.07, 6.45) is 13.4. The van der Waals surface area contributed by atoms with Gasteiger partial charge in [0, 0.05) is 25.7 Å². The SMILES string of the molecule is CCCCCCC/C=C\CC[N+](C(CCC)C(=O)[O-])(C(CCC)C(=O)O)C(CCC)C(=O)O. The molecule has 0 saturated heterocycles. The highest BCUT2D eigenvalue weighted by Gasteiger charge is 2.54. The van der Waals surface area contributed by atoms with E-state index in [9.17, 15) is 29.7 Å². The molecule has 0 radical (unpaired) electrons. The molecule has 3 atom stereocenters. The zero-order chi connectivity index (χ0) is 25.3. The molecule has 0 aromatic carbocycles. The second-order valence-corrected chi connectivity index (χ2v) is 9.09. The second kappa shape index (κ2) is 17.6. The molecule has 0 aliphatic heterocycles. The van der Waals surface area contributed by atoms with Crippen LogP contribution in [0.5, 0.6) is 0 Å². The van der Waals surface area contributed by atoms with Crippen LogP contribution >= 0.6 is 0 Å². The Balaban J connectivity index is 6.13. The number of carbonyl (C=O) groups excluding carboxylic acids is 1. The van der Waals surface area contributed by atoms with Gasteiger partial charge in [-0.25, -0.2) is 9.59 Å². The van der Waals surface area contributed by atoms with Crippen LogP contribution in [0.15, 0.2) is 12.2 Å². The van der Waals surface area contributed by atoms with Crippen LogP contribution in [-0.4, -0.2) is 57.3 Å². The molecule has 0 bridgehead atoms. The van der Waals surface area contributed by atoms with Crippen molar-refractivity contribution in [3.63, 3.8) is 0 Å². The van der Waals surface area contributed by atoms with Crippen LogP contribution in [0.1, 0.15) is 111 Å². The summed E-state index contributed by atoms with van der Waals surface area (Å²) in [4.78, 5) is 37.2. The molecule has 0 aromatic heterocycles. The van der Waals surface area contributed by atoms with Gasteiger partial charge in [-0.2, -0.15) is 0 Å². The van der Waals surface area contributed by atoms with Gasteiger partial charge in [-0.05, 0) is 25.7 Å². The Bertz CT molecular complexity index is 544. The summed E-state index contributed by atoms with van der Waals surface area (Å²) in [6, 6.07) is -3.41. The van der Waals surface area contributed by atoms with Crippen LogP contribution in [0, 0.1) is 0 Å². The quantitative estimate of drug-likeness (QED) is 0.145. The van der Waals surface area contributed by atoms with Crippen molar-refractivity contribution >= 4 is 17.9 Å². The maximum absolute atomic E-state index is 12.4. The molecule has 0 rings (SSSR count). The average molecular weight is 470 g/mol. The number of carboxylic acid groups (broad SMARTS) is 3. The van der Waals surface area contributed by atoms with E-state index in [-0.39, 0.29) is 25.8 Å². The highest BCUT2D eigenvalue weighted by molar-refractivity contribution is 5.77. The van der Waals surface area contributed by atoms with Crippen LogP contribution in [0.4, 0.5) is 0 Å². The Kier molecular flexibility index (Phi) is 16.6. The fourth-order valence-electron chi connectivity index (χ4n) is 5.03. The van der Waals surface area contributed by atoms with Crippen LogP contribution < -0.4 is 5.11 Å². The third-order valence-electron chi connectivity index (χ3n) is 6.59. The van der Waals surface area contributed by atoms with Gasteiger partial charge >= 0.3 is 11.9 Å². The van der Waals surface area contributed by atoms with Gasteiger partial charge in [0.05, 0.1) is 12.5 Å². The number of carboxylic acids is 3. The van der Waals surface area contributed by atoms with E-state index in [2.05, 4.69) is 13.0 Å². The Morgan fingerprint density at radius 3 is 1.58 bits per heavy atom. The molecule has 33 heavy (non-hydrogen) atoms. The van der Waals surface area contributed by atoms with Crippen molar-refractivity contribution in [3.05, 3.63) is 12.2 Å². The molecule has 2 N–H and O–H groups in total. The molecular weight excluding hydrogens is 422 g/mol. The minimum absolute atomic E-state index is 0.152. The fourth-order valence-corrected chi connectivity index (χ4v) is 5.03. The number of allylic oxidation sites excluding steroid dienone is 1.